The summed E-state index contributed by atoms with van der Waals surface area (Å²) in [5, 5.41) is 15.1. The van der Waals surface area contributed by atoms with Crippen molar-refractivity contribution < 1.29 is 5.11 Å². The minimum Gasteiger partial charge on any atom is -0.387 e. The molecule has 2 N–H and O–H groups in total. The van der Waals surface area contributed by atoms with Gasteiger partial charge in [0.2, 0.25) is 0 Å². The van der Waals surface area contributed by atoms with Gasteiger partial charge in [0.1, 0.15) is 0 Å². The van der Waals surface area contributed by atoms with Gasteiger partial charge in [-0.05, 0) is 13.8 Å². The van der Waals surface area contributed by atoms with Crippen molar-refractivity contribution >= 4 is 5.71 Å². The molecule has 0 saturated carbocycles. The van der Waals surface area contributed by atoms with E-state index in [1.54, 1.807) is 13.8 Å². The normalized spacial score (nSPS) is 13.8. The Morgan fingerprint density at radius 2 is 2.00 bits per heavy atom. The van der Waals surface area contributed by atoms with Crippen molar-refractivity contribution in [1.82, 2.24) is 0 Å². The Bertz CT molecular complexity index is 58.6. The molecule has 0 amide bonds. The van der Waals surface area contributed by atoms with Gasteiger partial charge in [-0.2, -0.15) is 0 Å². The molecular formula is C4H9NO. The summed E-state index contributed by atoms with van der Waals surface area (Å²) in [4.78, 5) is 0. The Kier molecular flexibility index (Phi) is 1.81. The molecule has 0 bridgehead atoms. The highest BCUT2D eigenvalue weighted by Crippen LogP contribution is 1.77. The number of nitrogens with one attached hydrogen (secondary N) is 1. The first-order valence-electron chi connectivity index (χ1n) is 1.87. The van der Waals surface area contributed by atoms with Gasteiger partial charge in [-0.3, -0.25) is 0 Å². The molecular weight excluding hydrogens is 78.0 g/mol. The Balaban J connectivity index is 3.26. The highest BCUT2D eigenvalue weighted by molar-refractivity contribution is 5.82. The zero-order valence-corrected chi connectivity index (χ0v) is 4.02. The summed E-state index contributed by atoms with van der Waals surface area (Å²) in [5.74, 6) is 0. The molecule has 0 saturated heterocycles. The molecule has 1 atom stereocenters. The fourth-order valence-electron chi connectivity index (χ4n) is 0. The second-order valence-corrected chi connectivity index (χ2v) is 1.36. The van der Waals surface area contributed by atoms with E-state index in [-0.39, 0.29) is 0 Å². The standard InChI is InChI=1S/C4H9NO/c1-3(5)4(2)6/h4-6H,1-2H3/t4-/m0/s1. The van der Waals surface area contributed by atoms with Crippen LogP contribution in [0.2, 0.25) is 0 Å². The van der Waals surface area contributed by atoms with Gasteiger partial charge in [0, 0.05) is 5.71 Å². The minimum atomic E-state index is -0.565. The van der Waals surface area contributed by atoms with Crippen molar-refractivity contribution in [2.75, 3.05) is 0 Å². The zero-order valence-electron chi connectivity index (χ0n) is 4.02. The van der Waals surface area contributed by atoms with Crippen LogP contribution in [0.5, 0.6) is 0 Å². The predicted molar refractivity (Wildman–Crippen MR) is 25.1 cm³/mol. The van der Waals surface area contributed by atoms with Gasteiger partial charge >= 0.3 is 0 Å². The summed E-state index contributed by atoms with van der Waals surface area (Å²) < 4.78 is 0. The molecule has 0 aromatic heterocycles. The van der Waals surface area contributed by atoms with E-state index in [1.165, 1.54) is 0 Å². The summed E-state index contributed by atoms with van der Waals surface area (Å²) in [6.45, 7) is 3.15. The second-order valence-electron chi connectivity index (χ2n) is 1.36. The summed E-state index contributed by atoms with van der Waals surface area (Å²) in [6, 6.07) is 0. The molecule has 2 heteroatoms. The first-order valence-corrected chi connectivity index (χ1v) is 1.87. The van der Waals surface area contributed by atoms with Crippen molar-refractivity contribution in [3.05, 3.63) is 0 Å². The van der Waals surface area contributed by atoms with E-state index in [4.69, 9.17) is 10.5 Å². The smallest absolute Gasteiger partial charge is 0.0883 e. The topological polar surface area (TPSA) is 44.1 Å². The van der Waals surface area contributed by atoms with Crippen molar-refractivity contribution in [2.24, 2.45) is 0 Å². The van der Waals surface area contributed by atoms with E-state index in [0.29, 0.717) is 5.71 Å². The molecule has 6 heavy (non-hydrogen) atoms. The number of aliphatic hydroxyl groups excluding tert-OH is 1. The van der Waals surface area contributed by atoms with Crippen molar-refractivity contribution in [2.45, 2.75) is 20.0 Å². The van der Waals surface area contributed by atoms with E-state index >= 15 is 0 Å². The fraction of sp³-hybridized carbons (Fsp3) is 0.750. The van der Waals surface area contributed by atoms with Gasteiger partial charge in [0.15, 0.2) is 0 Å². The third-order valence-electron chi connectivity index (χ3n) is 0.627. The third kappa shape index (κ3) is 1.91. The third-order valence-corrected chi connectivity index (χ3v) is 0.627. The molecule has 0 unspecified atom stereocenters. The monoisotopic (exact) mass is 87.1 g/mol. The molecule has 36 valence electrons. The van der Waals surface area contributed by atoms with Crippen molar-refractivity contribution in [1.29, 1.82) is 5.41 Å². The molecule has 0 spiro atoms. The van der Waals surface area contributed by atoms with E-state index in [0.717, 1.165) is 0 Å². The van der Waals surface area contributed by atoms with Gasteiger partial charge in [-0.15, -0.1) is 0 Å². The largest absolute Gasteiger partial charge is 0.387 e. The molecule has 2 nitrogen and oxygen atoms in total. The average molecular weight is 87.1 g/mol. The van der Waals surface area contributed by atoms with Crippen LogP contribution in [0.15, 0.2) is 0 Å². The van der Waals surface area contributed by atoms with Crippen LogP contribution in [0, 0.1) is 5.41 Å². The predicted octanol–water partition coefficient (Wildman–Crippen LogP) is 0.407. The number of hydrogen-bond donors (Lipinski definition) is 2. The Labute approximate surface area is 37.3 Å². The molecule has 0 aromatic rings. The van der Waals surface area contributed by atoms with Crippen LogP contribution in [-0.4, -0.2) is 16.9 Å². The summed E-state index contributed by atoms with van der Waals surface area (Å²) >= 11 is 0. The number of hydrogen-bond acceptors (Lipinski definition) is 2. The van der Waals surface area contributed by atoms with E-state index in [1.807, 2.05) is 0 Å². The van der Waals surface area contributed by atoms with Crippen LogP contribution in [-0.2, 0) is 0 Å². The van der Waals surface area contributed by atoms with Gasteiger partial charge in [-0.1, -0.05) is 0 Å². The maximum Gasteiger partial charge on any atom is 0.0883 e. The van der Waals surface area contributed by atoms with Gasteiger partial charge in [0.25, 0.3) is 0 Å². The molecule has 0 rings (SSSR count). The van der Waals surface area contributed by atoms with Gasteiger partial charge < -0.3 is 10.5 Å². The maximum absolute atomic E-state index is 8.41. The lowest BCUT2D eigenvalue weighted by molar-refractivity contribution is 0.260. The van der Waals surface area contributed by atoms with Crippen molar-refractivity contribution in [3.63, 3.8) is 0 Å². The molecule has 0 heterocycles. The average Bonchev–Trinajstić information content (AvgIpc) is 1.36. The lowest BCUT2D eigenvalue weighted by Crippen LogP contribution is -2.09. The van der Waals surface area contributed by atoms with Crippen LogP contribution in [0.1, 0.15) is 13.8 Å². The molecule has 0 fully saturated rings. The number of rotatable bonds is 1. The van der Waals surface area contributed by atoms with Crippen LogP contribution < -0.4 is 0 Å². The highest BCUT2D eigenvalue weighted by Gasteiger charge is 1.92. The van der Waals surface area contributed by atoms with Crippen molar-refractivity contribution in [3.8, 4) is 0 Å². The van der Waals surface area contributed by atoms with E-state index in [2.05, 4.69) is 0 Å². The summed E-state index contributed by atoms with van der Waals surface area (Å²) in [7, 11) is 0. The Hall–Kier alpha value is -0.370. The van der Waals surface area contributed by atoms with E-state index < -0.39 is 6.10 Å². The highest BCUT2D eigenvalue weighted by atomic mass is 16.3. The Morgan fingerprint density at radius 3 is 2.00 bits per heavy atom. The molecule has 0 radical (unpaired) electrons. The lowest BCUT2D eigenvalue weighted by Gasteiger charge is -1.94. The SMILES string of the molecule is CC(=N)[C@H](C)O. The van der Waals surface area contributed by atoms with Crippen LogP contribution in [0.4, 0.5) is 0 Å². The Morgan fingerprint density at radius 1 is 1.83 bits per heavy atom. The maximum atomic E-state index is 8.41. The minimum absolute atomic E-state index is 0.315. The molecule has 0 aliphatic rings. The fourth-order valence-corrected chi connectivity index (χ4v) is 0. The second kappa shape index (κ2) is 1.92. The quantitative estimate of drug-likeness (QED) is 0.447. The summed E-state index contributed by atoms with van der Waals surface area (Å²) in [6.07, 6.45) is -0.565. The summed E-state index contributed by atoms with van der Waals surface area (Å²) in [5.41, 5.74) is 0.315. The number of aliphatic hydroxyl groups is 1. The zero-order chi connectivity index (χ0) is 5.15. The molecule has 0 aliphatic heterocycles. The van der Waals surface area contributed by atoms with Gasteiger partial charge in [0.05, 0.1) is 6.10 Å². The van der Waals surface area contributed by atoms with Gasteiger partial charge in [-0.25, -0.2) is 0 Å². The first kappa shape index (κ1) is 5.63. The lowest BCUT2D eigenvalue weighted by atomic mass is 10.3. The van der Waals surface area contributed by atoms with E-state index in [9.17, 15) is 0 Å². The first-order chi connectivity index (χ1) is 2.64. The van der Waals surface area contributed by atoms with Crippen LogP contribution >= 0.6 is 0 Å². The molecule has 0 aliphatic carbocycles. The van der Waals surface area contributed by atoms with Crippen LogP contribution in [0.25, 0.3) is 0 Å². The van der Waals surface area contributed by atoms with Crippen LogP contribution in [0.3, 0.4) is 0 Å². The molecule has 0 aromatic carbocycles.